The van der Waals surface area contributed by atoms with E-state index in [1.807, 2.05) is 24.3 Å². The van der Waals surface area contributed by atoms with Gasteiger partial charge in [0.05, 0.1) is 17.3 Å². The van der Waals surface area contributed by atoms with Gasteiger partial charge in [-0.1, -0.05) is 36.4 Å². The Hall–Kier alpha value is -3.02. The molecule has 0 aliphatic heterocycles. The molecule has 1 atom stereocenters. The molecule has 0 saturated carbocycles. The Morgan fingerprint density at radius 3 is 2.68 bits per heavy atom. The first-order valence-electron chi connectivity index (χ1n) is 10.3. The van der Waals surface area contributed by atoms with Crippen LogP contribution in [-0.2, 0) is 17.4 Å². The van der Waals surface area contributed by atoms with Crippen LogP contribution in [-0.4, -0.2) is 23.2 Å². The van der Waals surface area contributed by atoms with E-state index in [0.717, 1.165) is 36.1 Å². The van der Waals surface area contributed by atoms with E-state index in [4.69, 9.17) is 10.1 Å². The average molecular weight is 583 g/mol. The van der Waals surface area contributed by atoms with E-state index in [9.17, 15) is 22.4 Å². The molecule has 5 nitrogen and oxygen atoms in total. The van der Waals surface area contributed by atoms with Gasteiger partial charge in [0.25, 0.3) is 5.91 Å². The molecule has 176 valence electrons. The van der Waals surface area contributed by atoms with Crippen LogP contribution in [0.2, 0.25) is 0 Å². The summed E-state index contributed by atoms with van der Waals surface area (Å²) in [6.07, 6.45) is -3.27. The van der Waals surface area contributed by atoms with Crippen molar-refractivity contribution in [2.24, 2.45) is 0 Å². The van der Waals surface area contributed by atoms with E-state index >= 15 is 0 Å². The van der Waals surface area contributed by atoms with Gasteiger partial charge >= 0.3 is 6.18 Å². The van der Waals surface area contributed by atoms with Crippen LogP contribution in [0.25, 0.3) is 0 Å². The zero-order chi connectivity index (χ0) is 24.5. The van der Waals surface area contributed by atoms with Crippen molar-refractivity contribution in [3.63, 3.8) is 0 Å². The quantitative estimate of drug-likeness (QED) is 0.176. The summed E-state index contributed by atoms with van der Waals surface area (Å²) in [6.45, 7) is -0.514. The van der Waals surface area contributed by atoms with Gasteiger partial charge in [0, 0.05) is 17.2 Å². The third-order valence-electron chi connectivity index (χ3n) is 5.44. The second kappa shape index (κ2) is 9.69. The van der Waals surface area contributed by atoms with Crippen LogP contribution in [0.5, 0.6) is 5.88 Å². The number of aryl methyl sites for hydroxylation is 1. The van der Waals surface area contributed by atoms with Gasteiger partial charge in [0.15, 0.2) is 6.61 Å². The Balaban J connectivity index is 1.52. The number of aromatic nitrogens is 1. The fourth-order valence-electron chi connectivity index (χ4n) is 3.90. The number of hydrogen-bond donors (Lipinski definition) is 2. The topological polar surface area (TPSA) is 75.1 Å². The van der Waals surface area contributed by atoms with Crippen LogP contribution in [0.3, 0.4) is 0 Å². The molecule has 1 aliphatic rings. The normalized spacial score (nSPS) is 15.0. The molecule has 2 aromatic carbocycles. The number of hydrogen-bond acceptors (Lipinski definition) is 4. The number of fused-ring (bicyclic) bond motifs is 1. The van der Waals surface area contributed by atoms with E-state index in [1.165, 1.54) is 12.1 Å². The highest BCUT2D eigenvalue weighted by molar-refractivity contribution is 14.1. The van der Waals surface area contributed by atoms with Crippen molar-refractivity contribution in [3.05, 3.63) is 91.9 Å². The molecule has 34 heavy (non-hydrogen) atoms. The molecule has 1 heterocycles. The fraction of sp³-hybridized carbons (Fsp3) is 0.208. The van der Waals surface area contributed by atoms with E-state index in [0.29, 0.717) is 6.07 Å². The first-order chi connectivity index (χ1) is 16.1. The van der Waals surface area contributed by atoms with Crippen molar-refractivity contribution < 1.29 is 27.1 Å². The number of nitrogens with zero attached hydrogens (tertiary/aromatic N) is 1. The van der Waals surface area contributed by atoms with Crippen LogP contribution in [0, 0.1) is 14.9 Å². The molecule has 0 radical (unpaired) electrons. The van der Waals surface area contributed by atoms with Crippen molar-refractivity contribution >= 4 is 34.2 Å². The summed E-state index contributed by atoms with van der Waals surface area (Å²) in [4.78, 5) is 16.4. The molecule has 0 unspecified atom stereocenters. The number of pyridine rings is 1. The van der Waals surface area contributed by atoms with Gasteiger partial charge in [-0.15, -0.1) is 0 Å². The Kier molecular flexibility index (Phi) is 6.87. The lowest BCUT2D eigenvalue weighted by Gasteiger charge is -2.18. The summed E-state index contributed by atoms with van der Waals surface area (Å²) >= 11 is 1.57. The molecule has 1 aliphatic carbocycles. The van der Waals surface area contributed by atoms with E-state index in [2.05, 4.69) is 10.3 Å². The summed E-state index contributed by atoms with van der Waals surface area (Å²) in [5.74, 6) is -1.55. The number of carbonyl (C=O) groups is 1. The average Bonchev–Trinajstić information content (AvgIpc) is 3.19. The number of alkyl halides is 3. The third kappa shape index (κ3) is 5.21. The van der Waals surface area contributed by atoms with Crippen LogP contribution < -0.4 is 10.1 Å². The summed E-state index contributed by atoms with van der Waals surface area (Å²) in [6, 6.07) is 13.0. The highest BCUT2D eigenvalue weighted by Gasteiger charge is 2.37. The first-order valence-corrected chi connectivity index (χ1v) is 11.3. The second-order valence-corrected chi connectivity index (χ2v) is 8.73. The van der Waals surface area contributed by atoms with Crippen molar-refractivity contribution in [1.82, 2.24) is 10.3 Å². The van der Waals surface area contributed by atoms with Crippen LogP contribution in [0.1, 0.15) is 40.3 Å². The number of halogens is 5. The molecule has 2 N–H and O–H groups in total. The smallest absolute Gasteiger partial charge is 0.417 e. The number of benzene rings is 2. The molecule has 0 fully saturated rings. The van der Waals surface area contributed by atoms with Gasteiger partial charge in [0.2, 0.25) is 5.88 Å². The zero-order valence-electron chi connectivity index (χ0n) is 17.5. The zero-order valence-corrected chi connectivity index (χ0v) is 19.7. The monoisotopic (exact) mass is 583 g/mol. The standard InChI is InChI=1S/C24H18F4IN3O2/c25-15-6-3-5-14(10-15)22(30)21-17(24(26,27)28)11-20(32-23(21)29)34-12-19(33)31-18-9-8-13-4-1-2-7-16(13)18/h1-7,10-11,18,30H,8-9,12H2,(H,31,33)/t18-/m0/s1. The van der Waals surface area contributed by atoms with Gasteiger partial charge in [-0.05, 0) is 58.7 Å². The molecule has 3 aromatic rings. The maximum absolute atomic E-state index is 13.8. The van der Waals surface area contributed by atoms with Crippen LogP contribution in [0.15, 0.2) is 54.6 Å². The van der Waals surface area contributed by atoms with Gasteiger partial charge in [-0.2, -0.15) is 13.2 Å². The second-order valence-electron chi connectivity index (χ2n) is 7.70. The number of ether oxygens (including phenoxy) is 1. The summed E-state index contributed by atoms with van der Waals surface area (Å²) in [5, 5.41) is 11.1. The largest absolute Gasteiger partial charge is 0.468 e. The lowest BCUT2D eigenvalue weighted by molar-refractivity contribution is -0.137. The fourth-order valence-corrected chi connectivity index (χ4v) is 4.70. The molecular formula is C24H18F4IN3O2. The Labute approximate surface area is 206 Å². The van der Waals surface area contributed by atoms with Gasteiger partial charge in [-0.25, -0.2) is 9.37 Å². The minimum atomic E-state index is -4.83. The van der Waals surface area contributed by atoms with Crippen LogP contribution in [0.4, 0.5) is 17.6 Å². The summed E-state index contributed by atoms with van der Waals surface area (Å²) in [5.41, 5.74) is -0.0124. The number of amides is 1. The molecule has 4 rings (SSSR count). The highest BCUT2D eigenvalue weighted by atomic mass is 127. The van der Waals surface area contributed by atoms with Crippen molar-refractivity contribution in [2.75, 3.05) is 6.61 Å². The Bertz CT molecular complexity index is 1260. The molecule has 0 saturated heterocycles. The highest BCUT2D eigenvalue weighted by Crippen LogP contribution is 2.37. The van der Waals surface area contributed by atoms with E-state index in [1.54, 1.807) is 22.6 Å². The van der Waals surface area contributed by atoms with Gasteiger partial charge in [-0.3, -0.25) is 10.2 Å². The first kappa shape index (κ1) is 24.1. The predicted octanol–water partition coefficient (Wildman–Crippen LogP) is 5.44. The molecule has 1 aromatic heterocycles. The lowest BCUT2D eigenvalue weighted by atomic mass is 9.99. The van der Waals surface area contributed by atoms with Gasteiger partial charge < -0.3 is 10.1 Å². The maximum atomic E-state index is 13.8. The third-order valence-corrected chi connectivity index (χ3v) is 6.22. The summed E-state index contributed by atoms with van der Waals surface area (Å²) in [7, 11) is 0. The van der Waals surface area contributed by atoms with Crippen molar-refractivity contribution in [2.45, 2.75) is 25.1 Å². The number of carbonyl (C=O) groups excluding carboxylic acids is 1. The minimum absolute atomic E-state index is 0.0184. The molecule has 1 amide bonds. The van der Waals surface area contributed by atoms with E-state index in [-0.39, 0.29) is 15.3 Å². The Morgan fingerprint density at radius 2 is 1.94 bits per heavy atom. The number of nitrogens with one attached hydrogen (secondary N) is 2. The van der Waals surface area contributed by atoms with Gasteiger partial charge in [0.1, 0.15) is 9.52 Å². The predicted molar refractivity (Wildman–Crippen MR) is 125 cm³/mol. The lowest BCUT2D eigenvalue weighted by Crippen LogP contribution is -2.32. The molecular weight excluding hydrogens is 565 g/mol. The maximum Gasteiger partial charge on any atom is 0.417 e. The SMILES string of the molecule is N=C(c1cccc(F)c1)c1c(C(F)(F)F)cc(OCC(=O)N[C@H]2CCc3ccccc32)nc1I. The van der Waals surface area contributed by atoms with Crippen molar-refractivity contribution in [3.8, 4) is 5.88 Å². The molecule has 10 heteroatoms. The Morgan fingerprint density at radius 1 is 1.18 bits per heavy atom. The summed E-state index contributed by atoms with van der Waals surface area (Å²) < 4.78 is 60.2. The van der Waals surface area contributed by atoms with Crippen LogP contribution >= 0.6 is 22.6 Å². The molecule has 0 bridgehead atoms. The minimum Gasteiger partial charge on any atom is -0.468 e. The van der Waals surface area contributed by atoms with E-state index < -0.39 is 47.2 Å². The van der Waals surface area contributed by atoms with Crippen molar-refractivity contribution in [1.29, 1.82) is 5.41 Å². The molecule has 0 spiro atoms. The number of rotatable bonds is 6.